The van der Waals surface area contributed by atoms with Crippen LogP contribution in [-0.4, -0.2) is 49.9 Å². The molecule has 26 heavy (non-hydrogen) atoms. The highest BCUT2D eigenvalue weighted by Crippen LogP contribution is 2.36. The SMILES string of the molecule is CCSc1nnc(NC(=O)CN(c2ccc3c(c2)OCO3)S(C)(=O)=O)s1. The third-order valence-corrected chi connectivity index (χ3v) is 6.25. The second-order valence-corrected chi connectivity index (χ2v) is 9.56. The van der Waals surface area contributed by atoms with Gasteiger partial charge in [-0.1, -0.05) is 30.0 Å². The molecule has 2 aromatic rings. The number of aromatic nitrogens is 2. The summed E-state index contributed by atoms with van der Waals surface area (Å²) in [6.45, 7) is 1.67. The van der Waals surface area contributed by atoms with Gasteiger partial charge in [0, 0.05) is 6.07 Å². The van der Waals surface area contributed by atoms with Gasteiger partial charge in [0.15, 0.2) is 15.8 Å². The summed E-state index contributed by atoms with van der Waals surface area (Å²) in [4.78, 5) is 12.3. The van der Waals surface area contributed by atoms with Crippen LogP contribution in [-0.2, 0) is 14.8 Å². The van der Waals surface area contributed by atoms with Crippen molar-refractivity contribution in [1.29, 1.82) is 0 Å². The van der Waals surface area contributed by atoms with E-state index in [1.54, 1.807) is 12.1 Å². The molecule has 1 amide bonds. The normalized spacial score (nSPS) is 12.8. The molecule has 0 saturated heterocycles. The van der Waals surface area contributed by atoms with Crippen LogP contribution in [0.3, 0.4) is 0 Å². The molecule has 9 nitrogen and oxygen atoms in total. The molecular formula is C14H16N4O5S3. The summed E-state index contributed by atoms with van der Waals surface area (Å²) >= 11 is 2.75. The van der Waals surface area contributed by atoms with Crippen molar-refractivity contribution in [2.45, 2.75) is 11.3 Å². The lowest BCUT2D eigenvalue weighted by molar-refractivity contribution is -0.114. The number of nitrogens with zero attached hydrogens (tertiary/aromatic N) is 3. The van der Waals surface area contributed by atoms with Gasteiger partial charge in [-0.3, -0.25) is 14.4 Å². The van der Waals surface area contributed by atoms with Crippen molar-refractivity contribution in [2.75, 3.05) is 35.0 Å². The molecular weight excluding hydrogens is 400 g/mol. The van der Waals surface area contributed by atoms with E-state index in [0.717, 1.165) is 20.7 Å². The van der Waals surface area contributed by atoms with E-state index in [1.165, 1.54) is 29.2 Å². The Bertz CT molecular complexity index is 915. The molecule has 0 fully saturated rings. The highest BCUT2D eigenvalue weighted by atomic mass is 32.2. The van der Waals surface area contributed by atoms with Crippen molar-refractivity contribution >= 4 is 49.8 Å². The van der Waals surface area contributed by atoms with Crippen LogP contribution < -0.4 is 19.1 Å². The number of amides is 1. The number of anilines is 2. The standard InChI is InChI=1S/C14H16N4O5S3/c1-3-24-14-17-16-13(25-14)15-12(19)7-18(26(2,20)21)9-4-5-10-11(6-9)23-8-22-10/h4-6H,3,7-8H2,1-2H3,(H,15,16,19). The third kappa shape index (κ3) is 4.37. The first-order valence-electron chi connectivity index (χ1n) is 7.50. The van der Waals surface area contributed by atoms with Gasteiger partial charge in [0.25, 0.3) is 0 Å². The van der Waals surface area contributed by atoms with Gasteiger partial charge in [-0.2, -0.15) is 0 Å². The molecule has 1 N–H and O–H groups in total. The molecule has 0 spiro atoms. The average molecular weight is 417 g/mol. The van der Waals surface area contributed by atoms with Crippen LogP contribution in [0, 0.1) is 0 Å². The van der Waals surface area contributed by atoms with Gasteiger partial charge in [-0.05, 0) is 17.9 Å². The minimum absolute atomic E-state index is 0.0767. The number of fused-ring (bicyclic) bond motifs is 1. The fraction of sp³-hybridized carbons (Fsp3) is 0.357. The molecule has 0 bridgehead atoms. The fourth-order valence-corrected chi connectivity index (χ4v) is 4.69. The Morgan fingerprint density at radius 1 is 1.35 bits per heavy atom. The monoisotopic (exact) mass is 416 g/mol. The van der Waals surface area contributed by atoms with E-state index >= 15 is 0 Å². The van der Waals surface area contributed by atoms with Crippen LogP contribution >= 0.6 is 23.1 Å². The molecule has 0 aliphatic carbocycles. The van der Waals surface area contributed by atoms with Crippen LogP contribution in [0.15, 0.2) is 22.5 Å². The van der Waals surface area contributed by atoms with Gasteiger partial charge < -0.3 is 9.47 Å². The maximum absolute atomic E-state index is 12.3. The predicted molar refractivity (Wildman–Crippen MR) is 99.7 cm³/mol. The van der Waals surface area contributed by atoms with Crippen molar-refractivity contribution in [3.8, 4) is 11.5 Å². The first-order chi connectivity index (χ1) is 12.4. The molecule has 2 heterocycles. The molecule has 0 radical (unpaired) electrons. The minimum Gasteiger partial charge on any atom is -0.454 e. The van der Waals surface area contributed by atoms with Crippen LogP contribution in [0.4, 0.5) is 10.8 Å². The topological polar surface area (TPSA) is 111 Å². The Morgan fingerprint density at radius 3 is 2.85 bits per heavy atom. The molecule has 0 saturated carbocycles. The van der Waals surface area contributed by atoms with E-state index in [9.17, 15) is 13.2 Å². The summed E-state index contributed by atoms with van der Waals surface area (Å²) in [6.07, 6.45) is 1.03. The highest BCUT2D eigenvalue weighted by molar-refractivity contribution is 8.01. The average Bonchev–Trinajstić information content (AvgIpc) is 3.20. The molecule has 0 unspecified atom stereocenters. The molecule has 3 rings (SSSR count). The van der Waals surface area contributed by atoms with Crippen molar-refractivity contribution in [1.82, 2.24) is 10.2 Å². The van der Waals surface area contributed by atoms with Crippen molar-refractivity contribution in [3.05, 3.63) is 18.2 Å². The number of carbonyl (C=O) groups is 1. The highest BCUT2D eigenvalue weighted by Gasteiger charge is 2.24. The molecule has 0 atom stereocenters. The number of sulfonamides is 1. The number of thioether (sulfide) groups is 1. The summed E-state index contributed by atoms with van der Waals surface area (Å²) in [7, 11) is -3.69. The van der Waals surface area contributed by atoms with Crippen molar-refractivity contribution in [2.24, 2.45) is 0 Å². The van der Waals surface area contributed by atoms with Crippen LogP contribution in [0.5, 0.6) is 11.5 Å². The largest absolute Gasteiger partial charge is 0.454 e. The lowest BCUT2D eigenvalue weighted by Gasteiger charge is -2.21. The summed E-state index contributed by atoms with van der Waals surface area (Å²) in [6, 6.07) is 4.69. The molecule has 12 heteroatoms. The fourth-order valence-electron chi connectivity index (χ4n) is 2.17. The van der Waals surface area contributed by atoms with E-state index in [2.05, 4.69) is 15.5 Å². The first-order valence-corrected chi connectivity index (χ1v) is 11.2. The zero-order valence-electron chi connectivity index (χ0n) is 14.0. The van der Waals surface area contributed by atoms with Crippen LogP contribution in [0.25, 0.3) is 0 Å². The molecule has 1 aliphatic heterocycles. The minimum atomic E-state index is -3.69. The number of benzene rings is 1. The Labute approximate surface area is 158 Å². The molecule has 140 valence electrons. The number of carbonyl (C=O) groups excluding carboxylic acids is 1. The maximum Gasteiger partial charge on any atom is 0.246 e. The van der Waals surface area contributed by atoms with E-state index < -0.39 is 22.5 Å². The van der Waals surface area contributed by atoms with E-state index in [4.69, 9.17) is 9.47 Å². The Hall–Kier alpha value is -2.05. The lowest BCUT2D eigenvalue weighted by atomic mass is 10.3. The van der Waals surface area contributed by atoms with E-state index in [1.807, 2.05) is 6.92 Å². The number of nitrogens with one attached hydrogen (secondary N) is 1. The van der Waals surface area contributed by atoms with E-state index in [-0.39, 0.29) is 6.79 Å². The summed E-state index contributed by atoms with van der Waals surface area (Å²) in [5.74, 6) is 1.29. The zero-order chi connectivity index (χ0) is 18.7. The Balaban J connectivity index is 1.75. The molecule has 1 aromatic heterocycles. The van der Waals surface area contributed by atoms with Gasteiger partial charge in [-0.25, -0.2) is 8.42 Å². The zero-order valence-corrected chi connectivity index (χ0v) is 16.4. The van der Waals surface area contributed by atoms with Gasteiger partial charge in [0.2, 0.25) is 27.9 Å². The van der Waals surface area contributed by atoms with Crippen LogP contribution in [0.1, 0.15) is 6.92 Å². The number of hydrogen-bond donors (Lipinski definition) is 1. The number of hydrogen-bond acceptors (Lipinski definition) is 9. The van der Waals surface area contributed by atoms with Gasteiger partial charge >= 0.3 is 0 Å². The second-order valence-electron chi connectivity index (χ2n) is 5.16. The molecule has 1 aliphatic rings. The molecule has 1 aromatic carbocycles. The summed E-state index contributed by atoms with van der Waals surface area (Å²) in [5.41, 5.74) is 0.311. The summed E-state index contributed by atoms with van der Waals surface area (Å²) < 4.78 is 36.5. The Kier molecular flexibility index (Phi) is 5.53. The Morgan fingerprint density at radius 2 is 2.12 bits per heavy atom. The second kappa shape index (κ2) is 7.68. The smallest absolute Gasteiger partial charge is 0.246 e. The predicted octanol–water partition coefficient (Wildman–Crippen LogP) is 1.78. The number of ether oxygens (including phenoxy) is 2. The third-order valence-electron chi connectivity index (χ3n) is 3.25. The van der Waals surface area contributed by atoms with Crippen molar-refractivity contribution < 1.29 is 22.7 Å². The lowest BCUT2D eigenvalue weighted by Crippen LogP contribution is -2.37. The van der Waals surface area contributed by atoms with Crippen LogP contribution in [0.2, 0.25) is 0 Å². The first kappa shape index (κ1) is 18.7. The van der Waals surface area contributed by atoms with Gasteiger partial charge in [-0.15, -0.1) is 10.2 Å². The quantitative estimate of drug-likeness (QED) is 0.537. The van der Waals surface area contributed by atoms with E-state index in [0.29, 0.717) is 22.3 Å². The maximum atomic E-state index is 12.3. The summed E-state index contributed by atoms with van der Waals surface area (Å²) in [5, 5.41) is 10.7. The van der Waals surface area contributed by atoms with Gasteiger partial charge in [0.05, 0.1) is 11.9 Å². The van der Waals surface area contributed by atoms with Crippen molar-refractivity contribution in [3.63, 3.8) is 0 Å². The van der Waals surface area contributed by atoms with Gasteiger partial charge in [0.1, 0.15) is 6.54 Å². The number of rotatable bonds is 7.